The molecule has 1 saturated heterocycles. The van der Waals surface area contributed by atoms with Crippen molar-refractivity contribution in [3.05, 3.63) is 17.3 Å². The third kappa shape index (κ3) is 1.94. The zero-order chi connectivity index (χ0) is 13.6. The first-order valence-electron chi connectivity index (χ1n) is 5.59. The van der Waals surface area contributed by atoms with E-state index in [0.29, 0.717) is 15.8 Å². The van der Waals surface area contributed by atoms with Gasteiger partial charge < -0.3 is 20.1 Å². The summed E-state index contributed by atoms with van der Waals surface area (Å²) in [5.74, 6) is 0. The van der Waals surface area contributed by atoms with Crippen LogP contribution in [0.2, 0.25) is 0 Å². The van der Waals surface area contributed by atoms with Crippen LogP contribution in [0, 0.1) is 0 Å². The molecule has 2 aromatic heterocycles. The minimum Gasteiger partial charge on any atom is -0.394 e. The Kier molecular flexibility index (Phi) is 3.23. The lowest BCUT2D eigenvalue weighted by Gasteiger charge is -2.16. The van der Waals surface area contributed by atoms with E-state index in [2.05, 4.69) is 30.9 Å². The molecule has 19 heavy (non-hydrogen) atoms. The van der Waals surface area contributed by atoms with E-state index in [1.54, 1.807) is 0 Å². The average Bonchev–Trinajstić information content (AvgIpc) is 2.94. The maximum absolute atomic E-state index is 9.97. The van der Waals surface area contributed by atoms with Crippen LogP contribution in [0.15, 0.2) is 17.3 Å². The molecule has 8 nitrogen and oxygen atoms in total. The van der Waals surface area contributed by atoms with Crippen LogP contribution in [0.3, 0.4) is 0 Å². The molecule has 0 aliphatic carbocycles. The maximum atomic E-state index is 9.97. The highest BCUT2D eigenvalue weighted by Crippen LogP contribution is 2.31. The van der Waals surface area contributed by atoms with Gasteiger partial charge in [0.25, 0.3) is 0 Å². The summed E-state index contributed by atoms with van der Waals surface area (Å²) in [6.07, 6.45) is -1.20. The fraction of sp³-hybridized carbons (Fsp3) is 0.500. The minimum atomic E-state index is -1.16. The fourth-order valence-corrected chi connectivity index (χ4v) is 2.49. The number of aliphatic hydroxyl groups excluding tert-OH is 3. The van der Waals surface area contributed by atoms with Crippen LogP contribution >= 0.6 is 15.9 Å². The quantitative estimate of drug-likeness (QED) is 0.618. The lowest BCUT2D eigenvalue weighted by atomic mass is 10.1. The number of aliphatic hydroxyl groups is 3. The Morgan fingerprint density at radius 2 is 2.05 bits per heavy atom. The van der Waals surface area contributed by atoms with E-state index in [9.17, 15) is 10.2 Å². The molecule has 0 aromatic carbocycles. The Morgan fingerprint density at radius 3 is 2.74 bits per heavy atom. The highest BCUT2D eigenvalue weighted by molar-refractivity contribution is 9.10. The smallest absolute Gasteiger partial charge is 0.166 e. The lowest BCUT2D eigenvalue weighted by molar-refractivity contribution is -0.0511. The van der Waals surface area contributed by atoms with Gasteiger partial charge in [-0.1, -0.05) is 0 Å². The highest BCUT2D eigenvalue weighted by atomic mass is 79.9. The average molecular weight is 331 g/mol. The van der Waals surface area contributed by atoms with Gasteiger partial charge in [0, 0.05) is 0 Å². The second kappa shape index (κ2) is 4.76. The number of aromatic nitrogens is 4. The van der Waals surface area contributed by atoms with Crippen molar-refractivity contribution < 1.29 is 20.1 Å². The topological polar surface area (TPSA) is 114 Å². The molecule has 0 radical (unpaired) electrons. The monoisotopic (exact) mass is 330 g/mol. The normalized spacial score (nSPS) is 31.2. The number of hydrogen-bond acceptors (Lipinski definition) is 7. The largest absolute Gasteiger partial charge is 0.394 e. The molecule has 0 bridgehead atoms. The van der Waals surface area contributed by atoms with Crippen molar-refractivity contribution in [1.82, 2.24) is 19.5 Å². The van der Waals surface area contributed by atoms with Crippen molar-refractivity contribution in [2.45, 2.75) is 24.5 Å². The Labute approximate surface area is 115 Å². The van der Waals surface area contributed by atoms with Gasteiger partial charge >= 0.3 is 0 Å². The van der Waals surface area contributed by atoms with Crippen LogP contribution in [0.25, 0.3) is 11.2 Å². The van der Waals surface area contributed by atoms with Crippen LogP contribution in [-0.2, 0) is 4.74 Å². The number of ether oxygens (including phenoxy) is 1. The summed E-state index contributed by atoms with van der Waals surface area (Å²) < 4.78 is 7.46. The van der Waals surface area contributed by atoms with Gasteiger partial charge in [0.05, 0.1) is 12.9 Å². The van der Waals surface area contributed by atoms with Crippen LogP contribution in [0.5, 0.6) is 0 Å². The van der Waals surface area contributed by atoms with Gasteiger partial charge in [-0.05, 0) is 15.9 Å². The SMILES string of the molecule is OC[C@H]1O[C@@H](n2cnc3c(Br)ncnc32)[C@@H](O)[C@@H]1O. The van der Waals surface area contributed by atoms with Crippen LogP contribution in [0.1, 0.15) is 6.23 Å². The number of hydrogen-bond donors (Lipinski definition) is 3. The highest BCUT2D eigenvalue weighted by Gasteiger charge is 2.43. The third-order valence-corrected chi connectivity index (χ3v) is 3.69. The molecule has 1 aliphatic heterocycles. The Hall–Kier alpha value is -1.13. The Morgan fingerprint density at radius 1 is 1.26 bits per heavy atom. The number of imidazole rings is 1. The third-order valence-electron chi connectivity index (χ3n) is 3.11. The number of fused-ring (bicyclic) bond motifs is 1. The summed E-state index contributed by atoms with van der Waals surface area (Å²) in [6.45, 7) is -0.375. The van der Waals surface area contributed by atoms with Gasteiger partial charge in [-0.3, -0.25) is 4.57 Å². The molecule has 3 heterocycles. The molecule has 9 heteroatoms. The maximum Gasteiger partial charge on any atom is 0.166 e. The summed E-state index contributed by atoms with van der Waals surface area (Å²) in [7, 11) is 0. The number of halogens is 1. The molecule has 102 valence electrons. The molecule has 0 unspecified atom stereocenters. The summed E-state index contributed by atoms with van der Waals surface area (Å²) >= 11 is 3.25. The molecular weight excluding hydrogens is 320 g/mol. The standard InChI is InChI=1S/C10H11BrN4O4/c11-8-5-9(13-2-12-8)15(3-14-5)10-7(18)6(17)4(1-16)19-10/h2-4,6-7,10,16-18H,1H2/t4-,6-,7+,10-/m1/s1. The van der Waals surface area contributed by atoms with E-state index in [4.69, 9.17) is 9.84 Å². The molecule has 3 rings (SSSR count). The molecule has 4 atom stereocenters. The zero-order valence-electron chi connectivity index (χ0n) is 9.59. The molecule has 2 aromatic rings. The van der Waals surface area contributed by atoms with Crippen LogP contribution in [-0.4, -0.2) is 59.8 Å². The van der Waals surface area contributed by atoms with Crippen molar-refractivity contribution in [2.75, 3.05) is 6.61 Å². The molecule has 0 spiro atoms. The summed E-state index contributed by atoms with van der Waals surface area (Å²) in [6, 6.07) is 0. The molecule has 1 aliphatic rings. The second-order valence-electron chi connectivity index (χ2n) is 4.22. The van der Waals surface area contributed by atoms with Gasteiger partial charge in [-0.2, -0.15) is 0 Å². The van der Waals surface area contributed by atoms with Crippen molar-refractivity contribution in [2.24, 2.45) is 0 Å². The van der Waals surface area contributed by atoms with Crippen LogP contribution < -0.4 is 0 Å². The van der Waals surface area contributed by atoms with Crippen molar-refractivity contribution in [3.8, 4) is 0 Å². The second-order valence-corrected chi connectivity index (χ2v) is 4.97. The predicted molar refractivity (Wildman–Crippen MR) is 66.0 cm³/mol. The molecule has 1 fully saturated rings. The van der Waals surface area contributed by atoms with E-state index >= 15 is 0 Å². The van der Waals surface area contributed by atoms with E-state index < -0.39 is 24.5 Å². The molecule has 0 saturated carbocycles. The fourth-order valence-electron chi connectivity index (χ4n) is 2.12. The van der Waals surface area contributed by atoms with E-state index in [1.165, 1.54) is 17.2 Å². The van der Waals surface area contributed by atoms with Crippen molar-refractivity contribution >= 4 is 27.1 Å². The predicted octanol–water partition coefficient (Wildman–Crippen LogP) is -0.800. The molecular formula is C10H11BrN4O4. The van der Waals surface area contributed by atoms with Gasteiger partial charge in [-0.15, -0.1) is 0 Å². The summed E-state index contributed by atoms with van der Waals surface area (Å²) in [5, 5.41) is 28.8. The molecule has 0 amide bonds. The van der Waals surface area contributed by atoms with Gasteiger partial charge in [0.15, 0.2) is 11.9 Å². The van der Waals surface area contributed by atoms with E-state index in [0.717, 1.165) is 0 Å². The summed E-state index contributed by atoms with van der Waals surface area (Å²) in [4.78, 5) is 12.2. The zero-order valence-corrected chi connectivity index (χ0v) is 11.2. The lowest BCUT2D eigenvalue weighted by Crippen LogP contribution is -2.33. The molecule has 3 N–H and O–H groups in total. The van der Waals surface area contributed by atoms with Crippen molar-refractivity contribution in [3.63, 3.8) is 0 Å². The number of nitrogens with zero attached hydrogens (tertiary/aromatic N) is 4. The Bertz CT molecular complexity index is 606. The Balaban J connectivity index is 2.04. The van der Waals surface area contributed by atoms with E-state index in [-0.39, 0.29) is 6.61 Å². The van der Waals surface area contributed by atoms with Crippen molar-refractivity contribution in [1.29, 1.82) is 0 Å². The van der Waals surface area contributed by atoms with Crippen LogP contribution in [0.4, 0.5) is 0 Å². The first-order chi connectivity index (χ1) is 9.13. The number of rotatable bonds is 2. The van der Waals surface area contributed by atoms with Gasteiger partial charge in [0.1, 0.15) is 34.8 Å². The van der Waals surface area contributed by atoms with Gasteiger partial charge in [-0.25, -0.2) is 15.0 Å². The minimum absolute atomic E-state index is 0.375. The first kappa shape index (κ1) is 12.9. The van der Waals surface area contributed by atoms with E-state index in [1.807, 2.05) is 0 Å². The van der Waals surface area contributed by atoms with Gasteiger partial charge in [0.2, 0.25) is 0 Å². The first-order valence-corrected chi connectivity index (χ1v) is 6.38. The summed E-state index contributed by atoms with van der Waals surface area (Å²) in [5.41, 5.74) is 0.997.